The Hall–Kier alpha value is -0.640. The molecule has 0 bridgehead atoms. The number of hydrogen-bond donors (Lipinski definition) is 2. The van der Waals surface area contributed by atoms with Crippen LogP contribution >= 0.6 is 11.6 Å². The van der Waals surface area contributed by atoms with Gasteiger partial charge in [0.15, 0.2) is 0 Å². The zero-order valence-electron chi connectivity index (χ0n) is 10.3. The summed E-state index contributed by atoms with van der Waals surface area (Å²) in [5, 5.41) is 10.9. The van der Waals surface area contributed by atoms with E-state index in [1.54, 1.807) is 6.07 Å². The third-order valence-electron chi connectivity index (χ3n) is 4.09. The Morgan fingerprint density at radius 2 is 2.00 bits per heavy atom. The van der Waals surface area contributed by atoms with Crippen molar-refractivity contribution < 1.29 is 9.50 Å². The molecule has 18 heavy (non-hydrogen) atoms. The first-order valence-corrected chi connectivity index (χ1v) is 6.80. The smallest absolute Gasteiger partial charge is 0.124 e. The van der Waals surface area contributed by atoms with Crippen molar-refractivity contribution in [2.75, 3.05) is 6.54 Å². The molecule has 1 saturated carbocycles. The second kappa shape index (κ2) is 5.55. The maximum Gasteiger partial charge on any atom is 0.124 e. The number of aliphatic hydroxyl groups is 1. The summed E-state index contributed by atoms with van der Waals surface area (Å²) in [7, 11) is 0. The Bertz CT molecular complexity index is 418. The first-order chi connectivity index (χ1) is 8.59. The second-order valence-electron chi connectivity index (χ2n) is 5.20. The van der Waals surface area contributed by atoms with E-state index in [0.717, 1.165) is 25.7 Å². The van der Waals surface area contributed by atoms with Gasteiger partial charge < -0.3 is 10.8 Å². The van der Waals surface area contributed by atoms with Crippen LogP contribution in [0.3, 0.4) is 0 Å². The molecule has 1 aromatic carbocycles. The molecule has 0 aromatic heterocycles. The molecule has 0 spiro atoms. The lowest BCUT2D eigenvalue weighted by atomic mass is 9.68. The lowest BCUT2D eigenvalue weighted by Gasteiger charge is -2.40. The predicted molar refractivity (Wildman–Crippen MR) is 70.9 cm³/mol. The highest BCUT2D eigenvalue weighted by molar-refractivity contribution is 6.31. The van der Waals surface area contributed by atoms with E-state index in [-0.39, 0.29) is 16.3 Å². The summed E-state index contributed by atoms with van der Waals surface area (Å²) in [4.78, 5) is 0. The van der Waals surface area contributed by atoms with Gasteiger partial charge in [0.25, 0.3) is 0 Å². The zero-order valence-corrected chi connectivity index (χ0v) is 11.1. The average molecular weight is 272 g/mol. The van der Waals surface area contributed by atoms with E-state index >= 15 is 0 Å². The van der Waals surface area contributed by atoms with E-state index in [2.05, 4.69) is 0 Å². The van der Waals surface area contributed by atoms with Crippen LogP contribution in [-0.4, -0.2) is 11.7 Å². The van der Waals surface area contributed by atoms with Crippen molar-refractivity contribution in [3.63, 3.8) is 0 Å². The number of hydrogen-bond acceptors (Lipinski definition) is 2. The van der Waals surface area contributed by atoms with Crippen molar-refractivity contribution in [1.29, 1.82) is 0 Å². The average Bonchev–Trinajstić information content (AvgIpc) is 2.39. The minimum Gasteiger partial charge on any atom is -0.388 e. The van der Waals surface area contributed by atoms with Crippen molar-refractivity contribution in [2.24, 2.45) is 11.1 Å². The van der Waals surface area contributed by atoms with E-state index in [1.807, 2.05) is 0 Å². The normalized spacial score (nSPS) is 20.7. The Kier molecular flexibility index (Phi) is 4.25. The van der Waals surface area contributed by atoms with Gasteiger partial charge in [0.05, 0.1) is 6.10 Å². The topological polar surface area (TPSA) is 46.2 Å². The summed E-state index contributed by atoms with van der Waals surface area (Å²) in [6.45, 7) is 0.432. The standard InChI is InChI=1S/C14H19ClFNO/c15-12-8-10(16)4-5-11(12)13(18)14(9-17)6-2-1-3-7-14/h4-5,8,13,18H,1-3,6-7,9,17H2. The van der Waals surface area contributed by atoms with Gasteiger partial charge in [0.1, 0.15) is 5.82 Å². The molecule has 1 aliphatic carbocycles. The molecule has 2 nitrogen and oxygen atoms in total. The zero-order chi connectivity index (χ0) is 13.2. The number of benzene rings is 1. The van der Waals surface area contributed by atoms with E-state index in [4.69, 9.17) is 17.3 Å². The molecule has 1 aliphatic rings. The molecule has 0 saturated heterocycles. The Morgan fingerprint density at radius 1 is 1.33 bits per heavy atom. The summed E-state index contributed by atoms with van der Waals surface area (Å²) in [6, 6.07) is 4.14. The van der Waals surface area contributed by atoms with E-state index in [0.29, 0.717) is 12.1 Å². The molecule has 1 aromatic rings. The van der Waals surface area contributed by atoms with E-state index in [9.17, 15) is 9.50 Å². The van der Waals surface area contributed by atoms with Gasteiger partial charge >= 0.3 is 0 Å². The number of nitrogens with two attached hydrogens (primary N) is 1. The number of aliphatic hydroxyl groups excluding tert-OH is 1. The van der Waals surface area contributed by atoms with Gasteiger partial charge in [-0.15, -0.1) is 0 Å². The monoisotopic (exact) mass is 271 g/mol. The fourth-order valence-corrected chi connectivity index (χ4v) is 3.17. The fourth-order valence-electron chi connectivity index (χ4n) is 2.90. The maximum absolute atomic E-state index is 13.0. The van der Waals surface area contributed by atoms with Crippen molar-refractivity contribution in [2.45, 2.75) is 38.2 Å². The summed E-state index contributed by atoms with van der Waals surface area (Å²) in [6.07, 6.45) is 4.43. The van der Waals surface area contributed by atoms with Gasteiger partial charge in [0.2, 0.25) is 0 Å². The van der Waals surface area contributed by atoms with Crippen molar-refractivity contribution in [1.82, 2.24) is 0 Å². The first kappa shape index (κ1) is 13.8. The number of rotatable bonds is 3. The van der Waals surface area contributed by atoms with Crippen molar-refractivity contribution >= 4 is 11.6 Å². The third kappa shape index (κ3) is 2.53. The molecule has 0 radical (unpaired) electrons. The third-order valence-corrected chi connectivity index (χ3v) is 4.42. The van der Waals surface area contributed by atoms with Crippen LogP contribution in [0.2, 0.25) is 5.02 Å². The highest BCUT2D eigenvalue weighted by Crippen LogP contribution is 2.46. The van der Waals surface area contributed by atoms with Crippen LogP contribution in [0.15, 0.2) is 18.2 Å². The molecule has 100 valence electrons. The predicted octanol–water partition coefficient (Wildman–Crippen LogP) is 3.42. The Morgan fingerprint density at radius 3 is 2.56 bits per heavy atom. The molecular formula is C14H19ClFNO. The quantitative estimate of drug-likeness (QED) is 0.885. The molecule has 2 rings (SSSR count). The van der Waals surface area contributed by atoms with Crippen LogP contribution in [0.1, 0.15) is 43.8 Å². The van der Waals surface area contributed by atoms with Crippen molar-refractivity contribution in [3.8, 4) is 0 Å². The van der Waals surface area contributed by atoms with Crippen LogP contribution < -0.4 is 5.73 Å². The highest BCUT2D eigenvalue weighted by Gasteiger charge is 2.39. The molecule has 0 heterocycles. The SMILES string of the molecule is NCC1(C(O)c2ccc(F)cc2Cl)CCCCC1. The van der Waals surface area contributed by atoms with Crippen molar-refractivity contribution in [3.05, 3.63) is 34.6 Å². The number of halogens is 2. The second-order valence-corrected chi connectivity index (χ2v) is 5.60. The first-order valence-electron chi connectivity index (χ1n) is 6.42. The molecular weight excluding hydrogens is 253 g/mol. The van der Waals surface area contributed by atoms with Gasteiger partial charge in [0, 0.05) is 17.0 Å². The molecule has 3 N–H and O–H groups in total. The minimum absolute atomic E-state index is 0.279. The van der Waals surface area contributed by atoms with E-state index < -0.39 is 6.10 Å². The molecule has 1 unspecified atom stereocenters. The van der Waals surface area contributed by atoms with Gasteiger partial charge in [-0.1, -0.05) is 36.9 Å². The Labute approximate surface area is 112 Å². The van der Waals surface area contributed by atoms with E-state index in [1.165, 1.54) is 18.6 Å². The van der Waals surface area contributed by atoms with Gasteiger partial charge in [-0.05, 0) is 30.5 Å². The lowest BCUT2D eigenvalue weighted by Crippen LogP contribution is -2.38. The van der Waals surface area contributed by atoms with Crippen LogP contribution in [0, 0.1) is 11.2 Å². The fraction of sp³-hybridized carbons (Fsp3) is 0.571. The molecule has 4 heteroatoms. The van der Waals surface area contributed by atoms with Gasteiger partial charge in [-0.3, -0.25) is 0 Å². The van der Waals surface area contributed by atoms with Crippen LogP contribution in [0.5, 0.6) is 0 Å². The molecule has 1 atom stereocenters. The van der Waals surface area contributed by atoms with Gasteiger partial charge in [-0.2, -0.15) is 0 Å². The van der Waals surface area contributed by atoms with Gasteiger partial charge in [-0.25, -0.2) is 4.39 Å². The largest absolute Gasteiger partial charge is 0.388 e. The van der Waals surface area contributed by atoms with Crippen LogP contribution in [0.25, 0.3) is 0 Å². The lowest BCUT2D eigenvalue weighted by molar-refractivity contribution is 0.000728. The molecule has 0 amide bonds. The molecule has 0 aliphatic heterocycles. The molecule has 1 fully saturated rings. The maximum atomic E-state index is 13.0. The summed E-state index contributed by atoms with van der Waals surface area (Å²) in [5.41, 5.74) is 6.16. The summed E-state index contributed by atoms with van der Waals surface area (Å²) in [5.74, 6) is -0.388. The summed E-state index contributed by atoms with van der Waals surface area (Å²) < 4.78 is 13.0. The summed E-state index contributed by atoms with van der Waals surface area (Å²) >= 11 is 6.02. The Balaban J connectivity index is 2.30. The van der Waals surface area contributed by atoms with Crippen LogP contribution in [0.4, 0.5) is 4.39 Å². The van der Waals surface area contributed by atoms with Crippen LogP contribution in [-0.2, 0) is 0 Å². The minimum atomic E-state index is -0.712. The highest BCUT2D eigenvalue weighted by atomic mass is 35.5.